The zero-order valence-corrected chi connectivity index (χ0v) is 13.5. The first-order valence-electron chi connectivity index (χ1n) is 7.80. The molecular formula is C17H27N3O. The topological polar surface area (TPSA) is 68.0 Å². The van der Waals surface area contributed by atoms with Gasteiger partial charge < -0.3 is 11.1 Å². The highest BCUT2D eigenvalue weighted by atomic mass is 16.2. The minimum absolute atomic E-state index is 0.0198. The van der Waals surface area contributed by atoms with Gasteiger partial charge in [0.1, 0.15) is 0 Å². The predicted octanol–water partition coefficient (Wildman–Crippen LogP) is 2.66. The molecule has 1 aliphatic carbocycles. The van der Waals surface area contributed by atoms with Crippen LogP contribution in [0.4, 0.5) is 0 Å². The lowest BCUT2D eigenvalue weighted by Gasteiger charge is -2.46. The molecule has 1 saturated carbocycles. The Morgan fingerprint density at radius 2 is 2.19 bits per heavy atom. The largest absolute Gasteiger partial charge is 0.349 e. The molecule has 0 bridgehead atoms. The lowest BCUT2D eigenvalue weighted by atomic mass is 9.61. The van der Waals surface area contributed by atoms with Gasteiger partial charge in [-0.15, -0.1) is 0 Å². The molecule has 0 aliphatic heterocycles. The second kappa shape index (κ2) is 6.14. The summed E-state index contributed by atoms with van der Waals surface area (Å²) in [5.41, 5.74) is 7.13. The molecular weight excluding hydrogens is 262 g/mol. The van der Waals surface area contributed by atoms with Crippen LogP contribution in [0.5, 0.6) is 0 Å². The van der Waals surface area contributed by atoms with E-state index in [4.69, 9.17) is 5.73 Å². The van der Waals surface area contributed by atoms with Crippen molar-refractivity contribution in [3.05, 3.63) is 30.1 Å². The van der Waals surface area contributed by atoms with E-state index < -0.39 is 0 Å². The lowest BCUT2D eigenvalue weighted by Crippen LogP contribution is -2.51. The SMILES string of the molecule is CC1C(N)CCC(C(=O)N[C@@H](C)c2cccnc2)C1(C)C. The average Bonchev–Trinajstić information content (AvgIpc) is 2.45. The summed E-state index contributed by atoms with van der Waals surface area (Å²) in [5, 5.41) is 3.14. The standard InChI is InChI=1S/C17H27N3O/c1-11-15(18)8-7-14(17(11,3)4)16(21)20-12(2)13-6-5-9-19-10-13/h5-6,9-12,14-15H,7-8,18H2,1-4H3,(H,20,21)/t11?,12-,14?,15?/m0/s1. The molecule has 1 amide bonds. The molecule has 1 fully saturated rings. The fourth-order valence-electron chi connectivity index (χ4n) is 3.35. The summed E-state index contributed by atoms with van der Waals surface area (Å²) in [6, 6.07) is 4.05. The number of nitrogens with one attached hydrogen (secondary N) is 1. The maximum atomic E-state index is 12.7. The molecule has 1 aliphatic rings. The van der Waals surface area contributed by atoms with E-state index in [1.807, 2.05) is 19.1 Å². The molecule has 1 heterocycles. The summed E-state index contributed by atoms with van der Waals surface area (Å²) < 4.78 is 0. The molecule has 0 aromatic carbocycles. The predicted molar refractivity (Wildman–Crippen MR) is 84.4 cm³/mol. The van der Waals surface area contributed by atoms with Crippen molar-refractivity contribution in [2.45, 2.75) is 52.6 Å². The van der Waals surface area contributed by atoms with Gasteiger partial charge in [-0.3, -0.25) is 9.78 Å². The van der Waals surface area contributed by atoms with Crippen LogP contribution >= 0.6 is 0 Å². The number of nitrogens with two attached hydrogens (primary N) is 1. The van der Waals surface area contributed by atoms with Gasteiger partial charge in [-0.2, -0.15) is 0 Å². The minimum Gasteiger partial charge on any atom is -0.349 e. The highest BCUT2D eigenvalue weighted by Crippen LogP contribution is 2.44. The van der Waals surface area contributed by atoms with Crippen molar-refractivity contribution >= 4 is 5.91 Å². The number of aromatic nitrogens is 1. The lowest BCUT2D eigenvalue weighted by molar-refractivity contribution is -0.133. The van der Waals surface area contributed by atoms with Crippen molar-refractivity contribution in [1.29, 1.82) is 0 Å². The maximum Gasteiger partial charge on any atom is 0.224 e. The molecule has 3 unspecified atom stereocenters. The third-order valence-electron chi connectivity index (χ3n) is 5.36. The molecule has 116 valence electrons. The van der Waals surface area contributed by atoms with Crippen LogP contribution in [-0.2, 0) is 4.79 Å². The van der Waals surface area contributed by atoms with Crippen LogP contribution < -0.4 is 11.1 Å². The highest BCUT2D eigenvalue weighted by Gasteiger charge is 2.45. The molecule has 21 heavy (non-hydrogen) atoms. The number of pyridine rings is 1. The van der Waals surface area contributed by atoms with Crippen LogP contribution in [0.25, 0.3) is 0 Å². The van der Waals surface area contributed by atoms with E-state index in [0.29, 0.717) is 5.92 Å². The van der Waals surface area contributed by atoms with Crippen LogP contribution in [0.2, 0.25) is 0 Å². The molecule has 0 saturated heterocycles. The average molecular weight is 289 g/mol. The Bertz CT molecular complexity index is 486. The second-order valence-corrected chi connectivity index (χ2v) is 6.92. The van der Waals surface area contributed by atoms with Gasteiger partial charge >= 0.3 is 0 Å². The van der Waals surface area contributed by atoms with Gasteiger partial charge in [0, 0.05) is 24.4 Å². The second-order valence-electron chi connectivity index (χ2n) is 6.92. The molecule has 4 atom stereocenters. The summed E-state index contributed by atoms with van der Waals surface area (Å²) in [7, 11) is 0. The molecule has 1 aromatic rings. The van der Waals surface area contributed by atoms with Gasteiger partial charge in [0.15, 0.2) is 0 Å². The fourth-order valence-corrected chi connectivity index (χ4v) is 3.35. The van der Waals surface area contributed by atoms with Gasteiger partial charge in [-0.05, 0) is 42.7 Å². The van der Waals surface area contributed by atoms with E-state index in [1.54, 1.807) is 12.4 Å². The van der Waals surface area contributed by atoms with E-state index in [9.17, 15) is 4.79 Å². The molecule has 3 N–H and O–H groups in total. The normalized spacial score (nSPS) is 29.7. The summed E-state index contributed by atoms with van der Waals surface area (Å²) in [4.78, 5) is 16.8. The van der Waals surface area contributed by atoms with Crippen molar-refractivity contribution in [3.8, 4) is 0 Å². The zero-order valence-electron chi connectivity index (χ0n) is 13.5. The van der Waals surface area contributed by atoms with E-state index in [2.05, 4.69) is 31.1 Å². The fraction of sp³-hybridized carbons (Fsp3) is 0.647. The van der Waals surface area contributed by atoms with Crippen molar-refractivity contribution in [3.63, 3.8) is 0 Å². The van der Waals surface area contributed by atoms with E-state index in [0.717, 1.165) is 18.4 Å². The quantitative estimate of drug-likeness (QED) is 0.899. The van der Waals surface area contributed by atoms with Crippen LogP contribution in [-0.4, -0.2) is 16.9 Å². The first-order valence-corrected chi connectivity index (χ1v) is 7.80. The Morgan fingerprint density at radius 1 is 1.48 bits per heavy atom. The van der Waals surface area contributed by atoms with Crippen molar-refractivity contribution < 1.29 is 4.79 Å². The third kappa shape index (κ3) is 3.26. The van der Waals surface area contributed by atoms with Crippen LogP contribution in [0, 0.1) is 17.3 Å². The first-order chi connectivity index (χ1) is 9.84. The Labute approximate surface area is 127 Å². The number of hydrogen-bond donors (Lipinski definition) is 2. The Kier molecular flexibility index (Phi) is 4.67. The molecule has 2 rings (SSSR count). The minimum atomic E-state index is -0.0730. The third-order valence-corrected chi connectivity index (χ3v) is 5.36. The smallest absolute Gasteiger partial charge is 0.224 e. The number of rotatable bonds is 3. The van der Waals surface area contributed by atoms with Crippen LogP contribution in [0.3, 0.4) is 0 Å². The van der Waals surface area contributed by atoms with Gasteiger partial charge in [-0.1, -0.05) is 26.8 Å². The van der Waals surface area contributed by atoms with Crippen molar-refractivity contribution in [2.75, 3.05) is 0 Å². The summed E-state index contributed by atoms with van der Waals surface area (Å²) in [6.45, 7) is 8.49. The Hall–Kier alpha value is -1.42. The van der Waals surface area contributed by atoms with Gasteiger partial charge in [0.25, 0.3) is 0 Å². The van der Waals surface area contributed by atoms with Crippen molar-refractivity contribution in [2.24, 2.45) is 23.0 Å². The summed E-state index contributed by atoms with van der Waals surface area (Å²) in [5.74, 6) is 0.497. The molecule has 4 nitrogen and oxygen atoms in total. The highest BCUT2D eigenvalue weighted by molar-refractivity contribution is 5.80. The van der Waals surface area contributed by atoms with Gasteiger partial charge in [-0.25, -0.2) is 0 Å². The van der Waals surface area contributed by atoms with E-state index >= 15 is 0 Å². The number of amides is 1. The monoisotopic (exact) mass is 289 g/mol. The Morgan fingerprint density at radius 3 is 2.81 bits per heavy atom. The van der Waals surface area contributed by atoms with Crippen LogP contribution in [0.15, 0.2) is 24.5 Å². The number of carbonyl (C=O) groups is 1. The molecule has 0 spiro atoms. The van der Waals surface area contributed by atoms with E-state index in [1.165, 1.54) is 0 Å². The van der Waals surface area contributed by atoms with Crippen molar-refractivity contribution in [1.82, 2.24) is 10.3 Å². The summed E-state index contributed by atoms with van der Waals surface area (Å²) in [6.07, 6.45) is 5.33. The van der Waals surface area contributed by atoms with Gasteiger partial charge in [0.2, 0.25) is 5.91 Å². The number of carbonyl (C=O) groups excluding carboxylic acids is 1. The summed E-state index contributed by atoms with van der Waals surface area (Å²) >= 11 is 0. The number of nitrogens with zero attached hydrogens (tertiary/aromatic N) is 1. The number of hydrogen-bond acceptors (Lipinski definition) is 3. The Balaban J connectivity index is 2.06. The molecule has 0 radical (unpaired) electrons. The molecule has 4 heteroatoms. The zero-order chi connectivity index (χ0) is 15.6. The maximum absolute atomic E-state index is 12.7. The molecule has 1 aromatic heterocycles. The van der Waals surface area contributed by atoms with E-state index in [-0.39, 0.29) is 29.3 Å². The first kappa shape index (κ1) is 16.0. The van der Waals surface area contributed by atoms with Gasteiger partial charge in [0.05, 0.1) is 6.04 Å². The van der Waals surface area contributed by atoms with Crippen LogP contribution in [0.1, 0.15) is 52.1 Å².